The highest BCUT2D eigenvalue weighted by atomic mass is 32.2. The fourth-order valence-corrected chi connectivity index (χ4v) is 3.11. The summed E-state index contributed by atoms with van der Waals surface area (Å²) < 4.78 is 0. The number of hydrogen-bond donors (Lipinski definition) is 2. The highest BCUT2D eigenvalue weighted by Crippen LogP contribution is 2.22. The van der Waals surface area contributed by atoms with E-state index in [2.05, 4.69) is 5.32 Å². The highest BCUT2D eigenvalue weighted by molar-refractivity contribution is 8.13. The van der Waals surface area contributed by atoms with E-state index in [1.807, 2.05) is 6.07 Å². The molecule has 0 fully saturated rings. The molecule has 0 aliphatic carbocycles. The average Bonchev–Trinajstić information content (AvgIpc) is 2.66. The van der Waals surface area contributed by atoms with Gasteiger partial charge in [0.05, 0.1) is 12.0 Å². The van der Waals surface area contributed by atoms with Crippen molar-refractivity contribution in [3.05, 3.63) is 65.7 Å². The van der Waals surface area contributed by atoms with Crippen molar-refractivity contribution in [2.75, 3.05) is 11.1 Å². The molecule has 0 heterocycles. The van der Waals surface area contributed by atoms with Crippen LogP contribution in [0.15, 0.2) is 54.6 Å². The summed E-state index contributed by atoms with van der Waals surface area (Å²) in [6, 6.07) is 15.4. The van der Waals surface area contributed by atoms with Gasteiger partial charge < -0.3 is 10.4 Å². The number of thioether (sulfide) groups is 1. The van der Waals surface area contributed by atoms with Gasteiger partial charge in [-0.1, -0.05) is 61.2 Å². The number of para-hydroxylation sites is 1. The van der Waals surface area contributed by atoms with Crippen molar-refractivity contribution in [1.82, 2.24) is 0 Å². The zero-order valence-electron chi connectivity index (χ0n) is 14.6. The molecule has 0 radical (unpaired) electrons. The second-order valence-corrected chi connectivity index (χ2v) is 7.00. The summed E-state index contributed by atoms with van der Waals surface area (Å²) in [6.45, 7) is 3.26. The Morgan fingerprint density at radius 3 is 2.27 bits per heavy atom. The third-order valence-corrected chi connectivity index (χ3v) is 5.14. The van der Waals surface area contributed by atoms with Crippen LogP contribution < -0.4 is 5.32 Å². The zero-order valence-corrected chi connectivity index (χ0v) is 15.5. The van der Waals surface area contributed by atoms with E-state index in [0.29, 0.717) is 16.8 Å². The van der Waals surface area contributed by atoms with E-state index in [-0.39, 0.29) is 16.7 Å². The summed E-state index contributed by atoms with van der Waals surface area (Å²) in [5, 5.41) is 11.8. The van der Waals surface area contributed by atoms with E-state index in [0.717, 1.165) is 11.8 Å². The second-order valence-electron chi connectivity index (χ2n) is 5.98. The summed E-state index contributed by atoms with van der Waals surface area (Å²) in [7, 11) is 0. The molecule has 0 spiro atoms. The normalized spacial score (nSPS) is 12.8. The first-order valence-corrected chi connectivity index (χ1v) is 9.23. The number of carbonyl (C=O) groups excluding carboxylic acids is 2. The standard InChI is InChI=1S/C20H21NO4S/c1-13(19(23)24)12-26-20(25)14(2)21-17-11-7-6-10-16(17)18(22)15-8-4-3-5-9-15/h3-11,13-14,21H,12H2,1-2H3,(H,23,24). The lowest BCUT2D eigenvalue weighted by molar-refractivity contribution is -0.140. The highest BCUT2D eigenvalue weighted by Gasteiger charge is 2.20. The van der Waals surface area contributed by atoms with Gasteiger partial charge in [0.15, 0.2) is 5.78 Å². The van der Waals surface area contributed by atoms with E-state index >= 15 is 0 Å². The van der Waals surface area contributed by atoms with Crippen LogP contribution in [0.25, 0.3) is 0 Å². The maximum absolute atomic E-state index is 12.7. The van der Waals surface area contributed by atoms with Crippen molar-refractivity contribution in [3.63, 3.8) is 0 Å². The van der Waals surface area contributed by atoms with Gasteiger partial charge in [0.25, 0.3) is 0 Å². The first kappa shape index (κ1) is 19.7. The monoisotopic (exact) mass is 371 g/mol. The molecule has 2 unspecified atom stereocenters. The van der Waals surface area contributed by atoms with Crippen molar-refractivity contribution < 1.29 is 19.5 Å². The number of carboxylic acid groups (broad SMARTS) is 1. The Morgan fingerprint density at radius 2 is 1.62 bits per heavy atom. The lowest BCUT2D eigenvalue weighted by Gasteiger charge is -2.17. The average molecular weight is 371 g/mol. The fourth-order valence-electron chi connectivity index (χ4n) is 2.25. The van der Waals surface area contributed by atoms with Crippen LogP contribution in [0.3, 0.4) is 0 Å². The van der Waals surface area contributed by atoms with E-state index in [1.54, 1.807) is 62.4 Å². The van der Waals surface area contributed by atoms with E-state index < -0.39 is 17.9 Å². The minimum atomic E-state index is -0.926. The third kappa shape index (κ3) is 5.20. The van der Waals surface area contributed by atoms with E-state index in [4.69, 9.17) is 5.11 Å². The molecule has 2 atom stereocenters. The first-order chi connectivity index (χ1) is 12.4. The molecular weight excluding hydrogens is 350 g/mol. The Kier molecular flexibility index (Phi) is 6.97. The van der Waals surface area contributed by atoms with Gasteiger partial charge in [-0.25, -0.2) is 0 Å². The molecule has 0 saturated heterocycles. The predicted octanol–water partition coefficient (Wildman–Crippen LogP) is 3.70. The molecule has 2 aromatic rings. The molecule has 0 amide bonds. The maximum Gasteiger partial charge on any atom is 0.307 e. The van der Waals surface area contributed by atoms with Crippen molar-refractivity contribution in [3.8, 4) is 0 Å². The van der Waals surface area contributed by atoms with Crippen LogP contribution in [0.5, 0.6) is 0 Å². The molecule has 0 saturated carbocycles. The van der Waals surface area contributed by atoms with Crippen molar-refractivity contribution >= 4 is 34.3 Å². The van der Waals surface area contributed by atoms with Gasteiger partial charge in [0.1, 0.15) is 0 Å². The number of rotatable bonds is 8. The van der Waals surface area contributed by atoms with Crippen LogP contribution >= 0.6 is 11.8 Å². The Balaban J connectivity index is 2.09. The van der Waals surface area contributed by atoms with Gasteiger partial charge in [-0.2, -0.15) is 0 Å². The van der Waals surface area contributed by atoms with Crippen LogP contribution in [-0.2, 0) is 9.59 Å². The Hall–Kier alpha value is -2.60. The number of aliphatic carboxylic acids is 1. The lowest BCUT2D eigenvalue weighted by Crippen LogP contribution is -2.26. The second kappa shape index (κ2) is 9.20. The van der Waals surface area contributed by atoms with Crippen molar-refractivity contribution in [2.24, 2.45) is 5.92 Å². The quantitative estimate of drug-likeness (QED) is 0.689. The molecule has 0 aliphatic heterocycles. The molecule has 26 heavy (non-hydrogen) atoms. The molecule has 0 bridgehead atoms. The van der Waals surface area contributed by atoms with Crippen LogP contribution in [0, 0.1) is 5.92 Å². The van der Waals surface area contributed by atoms with Gasteiger partial charge in [-0.3, -0.25) is 14.4 Å². The van der Waals surface area contributed by atoms with Crippen molar-refractivity contribution in [2.45, 2.75) is 19.9 Å². The minimum absolute atomic E-state index is 0.125. The van der Waals surface area contributed by atoms with Gasteiger partial charge >= 0.3 is 5.97 Å². The van der Waals surface area contributed by atoms with Gasteiger partial charge in [-0.15, -0.1) is 0 Å². The third-order valence-electron chi connectivity index (χ3n) is 3.83. The SMILES string of the molecule is CC(CSC(=O)C(C)Nc1ccccc1C(=O)c1ccccc1)C(=O)O. The fraction of sp³-hybridized carbons (Fsp3) is 0.250. The van der Waals surface area contributed by atoms with Crippen LogP contribution in [0.4, 0.5) is 5.69 Å². The van der Waals surface area contributed by atoms with Gasteiger partial charge in [-0.05, 0) is 19.1 Å². The number of carbonyl (C=O) groups is 3. The topological polar surface area (TPSA) is 83.5 Å². The predicted molar refractivity (Wildman–Crippen MR) is 104 cm³/mol. The molecule has 0 aliphatic rings. The molecule has 2 rings (SSSR count). The summed E-state index contributed by atoms with van der Waals surface area (Å²) >= 11 is 0.984. The summed E-state index contributed by atoms with van der Waals surface area (Å²) in [5.74, 6) is -1.43. The number of nitrogens with one attached hydrogen (secondary N) is 1. The Labute approximate surface area is 156 Å². The van der Waals surface area contributed by atoms with Gasteiger partial charge in [0.2, 0.25) is 5.12 Å². The number of benzene rings is 2. The van der Waals surface area contributed by atoms with E-state index in [9.17, 15) is 14.4 Å². The molecule has 136 valence electrons. The Bertz CT molecular complexity index is 791. The van der Waals surface area contributed by atoms with Crippen LogP contribution in [0.2, 0.25) is 0 Å². The molecule has 0 aromatic heterocycles. The largest absolute Gasteiger partial charge is 0.481 e. The summed E-state index contributed by atoms with van der Waals surface area (Å²) in [6.07, 6.45) is 0. The zero-order chi connectivity index (χ0) is 19.1. The lowest BCUT2D eigenvalue weighted by atomic mass is 10.0. The van der Waals surface area contributed by atoms with Crippen LogP contribution in [-0.4, -0.2) is 33.8 Å². The van der Waals surface area contributed by atoms with Crippen LogP contribution in [0.1, 0.15) is 29.8 Å². The van der Waals surface area contributed by atoms with Gasteiger partial charge in [0, 0.05) is 22.6 Å². The number of anilines is 1. The maximum atomic E-state index is 12.7. The molecule has 6 heteroatoms. The molecule has 2 N–H and O–H groups in total. The van der Waals surface area contributed by atoms with E-state index in [1.165, 1.54) is 0 Å². The minimum Gasteiger partial charge on any atom is -0.481 e. The van der Waals surface area contributed by atoms with Crippen molar-refractivity contribution in [1.29, 1.82) is 0 Å². The number of carboxylic acids is 1. The smallest absolute Gasteiger partial charge is 0.307 e. The first-order valence-electron chi connectivity index (χ1n) is 8.25. The summed E-state index contributed by atoms with van der Waals surface area (Å²) in [5.41, 5.74) is 1.64. The molecule has 2 aromatic carbocycles. The Morgan fingerprint density at radius 1 is 1.00 bits per heavy atom. The molecule has 5 nitrogen and oxygen atoms in total. The summed E-state index contributed by atoms with van der Waals surface area (Å²) in [4.78, 5) is 35.8. The number of ketones is 1. The number of hydrogen-bond acceptors (Lipinski definition) is 5. The molecular formula is C20H21NO4S.